The van der Waals surface area contributed by atoms with E-state index in [1.54, 1.807) is 25.3 Å². The molecule has 0 aliphatic rings. The Kier molecular flexibility index (Phi) is 4.15. The normalized spacial score (nSPS) is 11.0. The standard InChI is InChI=1S/C19H12BrNO3S/c1-23-14-6-7-16-12(8-14)9-17(24-16)18(22)19-21-15(10-25-19)11-2-4-13(20)5-3-11/h2-10H,1H3. The van der Waals surface area contributed by atoms with E-state index in [1.807, 2.05) is 35.7 Å². The lowest BCUT2D eigenvalue weighted by atomic mass is 10.2. The molecule has 0 bridgehead atoms. The summed E-state index contributed by atoms with van der Waals surface area (Å²) < 4.78 is 11.9. The van der Waals surface area contributed by atoms with E-state index in [9.17, 15) is 4.79 Å². The predicted molar refractivity (Wildman–Crippen MR) is 101 cm³/mol. The zero-order valence-corrected chi connectivity index (χ0v) is 15.6. The zero-order chi connectivity index (χ0) is 17.4. The van der Waals surface area contributed by atoms with Crippen molar-refractivity contribution in [2.75, 3.05) is 7.11 Å². The third kappa shape index (κ3) is 3.10. The molecular formula is C19H12BrNO3S. The molecule has 0 saturated carbocycles. The van der Waals surface area contributed by atoms with Crippen molar-refractivity contribution < 1.29 is 13.9 Å². The molecule has 0 aliphatic carbocycles. The van der Waals surface area contributed by atoms with E-state index >= 15 is 0 Å². The molecule has 0 amide bonds. The summed E-state index contributed by atoms with van der Waals surface area (Å²) in [7, 11) is 1.60. The van der Waals surface area contributed by atoms with Gasteiger partial charge in [-0.25, -0.2) is 4.98 Å². The number of rotatable bonds is 4. The Labute approximate surface area is 156 Å². The summed E-state index contributed by atoms with van der Waals surface area (Å²) in [6, 6.07) is 15.0. The number of hydrogen-bond acceptors (Lipinski definition) is 5. The minimum Gasteiger partial charge on any atom is -0.497 e. The molecule has 0 spiro atoms. The molecule has 0 fully saturated rings. The van der Waals surface area contributed by atoms with Gasteiger partial charge in [-0.2, -0.15) is 0 Å². The lowest BCUT2D eigenvalue weighted by molar-refractivity contribution is 0.101. The highest BCUT2D eigenvalue weighted by Gasteiger charge is 2.19. The zero-order valence-electron chi connectivity index (χ0n) is 13.2. The molecule has 2 aromatic heterocycles. The van der Waals surface area contributed by atoms with Crippen molar-refractivity contribution in [2.45, 2.75) is 0 Å². The monoisotopic (exact) mass is 413 g/mol. The number of nitrogens with zero attached hydrogens (tertiary/aromatic N) is 1. The first kappa shape index (κ1) is 16.1. The molecule has 4 rings (SSSR count). The minimum absolute atomic E-state index is 0.219. The Balaban J connectivity index is 1.66. The molecule has 0 aliphatic heterocycles. The summed E-state index contributed by atoms with van der Waals surface area (Å²) in [4.78, 5) is 17.1. The van der Waals surface area contributed by atoms with E-state index in [1.165, 1.54) is 11.3 Å². The molecule has 0 saturated heterocycles. The average molecular weight is 414 g/mol. The molecule has 0 radical (unpaired) electrons. The smallest absolute Gasteiger partial charge is 0.256 e. The first-order chi connectivity index (χ1) is 12.1. The van der Waals surface area contributed by atoms with Gasteiger partial charge >= 0.3 is 0 Å². The number of carbonyl (C=O) groups is 1. The number of ketones is 1. The Morgan fingerprint density at radius 1 is 1.16 bits per heavy atom. The van der Waals surface area contributed by atoms with Crippen molar-refractivity contribution in [2.24, 2.45) is 0 Å². The highest BCUT2D eigenvalue weighted by molar-refractivity contribution is 9.10. The minimum atomic E-state index is -0.219. The van der Waals surface area contributed by atoms with E-state index < -0.39 is 0 Å². The van der Waals surface area contributed by atoms with Crippen LogP contribution in [0.1, 0.15) is 15.6 Å². The summed E-state index contributed by atoms with van der Waals surface area (Å²) in [5, 5.41) is 3.11. The molecule has 0 N–H and O–H groups in total. The van der Waals surface area contributed by atoms with Gasteiger partial charge in [-0.05, 0) is 36.4 Å². The van der Waals surface area contributed by atoms with Crippen molar-refractivity contribution in [3.05, 3.63) is 69.2 Å². The summed E-state index contributed by atoms with van der Waals surface area (Å²) in [5.74, 6) is 0.780. The van der Waals surface area contributed by atoms with Gasteiger partial charge in [-0.3, -0.25) is 4.79 Å². The molecule has 124 valence electrons. The van der Waals surface area contributed by atoms with Crippen LogP contribution in [-0.4, -0.2) is 17.9 Å². The molecule has 0 unspecified atom stereocenters. The van der Waals surface area contributed by atoms with Crippen LogP contribution in [0.2, 0.25) is 0 Å². The van der Waals surface area contributed by atoms with Gasteiger partial charge in [0.1, 0.15) is 11.3 Å². The Morgan fingerprint density at radius 2 is 1.96 bits per heavy atom. The number of thiazole rings is 1. The number of halogens is 1. The Hall–Kier alpha value is -2.44. The SMILES string of the molecule is COc1ccc2oc(C(=O)c3nc(-c4ccc(Br)cc4)cs3)cc2c1. The number of methoxy groups -OCH3 is 1. The molecule has 2 aromatic carbocycles. The van der Waals surface area contributed by atoms with Crippen molar-refractivity contribution in [3.63, 3.8) is 0 Å². The van der Waals surface area contributed by atoms with E-state index in [0.29, 0.717) is 10.6 Å². The van der Waals surface area contributed by atoms with Gasteiger partial charge in [0.25, 0.3) is 5.78 Å². The lowest BCUT2D eigenvalue weighted by Gasteiger charge is -1.96. The van der Waals surface area contributed by atoms with Crippen LogP contribution in [0.3, 0.4) is 0 Å². The third-order valence-electron chi connectivity index (χ3n) is 3.79. The first-order valence-electron chi connectivity index (χ1n) is 7.48. The van der Waals surface area contributed by atoms with Gasteiger partial charge in [0.15, 0.2) is 10.8 Å². The van der Waals surface area contributed by atoms with Crippen LogP contribution in [0.5, 0.6) is 5.75 Å². The molecule has 6 heteroatoms. The molecule has 2 heterocycles. The van der Waals surface area contributed by atoms with Crippen molar-refractivity contribution in [1.82, 2.24) is 4.98 Å². The second kappa shape index (κ2) is 6.46. The number of hydrogen-bond donors (Lipinski definition) is 0. The Morgan fingerprint density at radius 3 is 2.72 bits per heavy atom. The Bertz CT molecular complexity index is 1070. The number of ether oxygens (including phenoxy) is 1. The van der Waals surface area contributed by atoms with Gasteiger partial charge in [0, 0.05) is 20.8 Å². The lowest BCUT2D eigenvalue weighted by Crippen LogP contribution is -1.98. The van der Waals surface area contributed by atoms with Gasteiger partial charge in [-0.15, -0.1) is 11.3 Å². The van der Waals surface area contributed by atoms with Crippen LogP contribution in [-0.2, 0) is 0 Å². The number of benzene rings is 2. The highest BCUT2D eigenvalue weighted by Crippen LogP contribution is 2.28. The summed E-state index contributed by atoms with van der Waals surface area (Å²) in [6.45, 7) is 0. The highest BCUT2D eigenvalue weighted by atomic mass is 79.9. The average Bonchev–Trinajstić information content (AvgIpc) is 3.28. The first-order valence-corrected chi connectivity index (χ1v) is 9.15. The third-order valence-corrected chi connectivity index (χ3v) is 5.16. The summed E-state index contributed by atoms with van der Waals surface area (Å²) in [5.41, 5.74) is 2.39. The van der Waals surface area contributed by atoms with Crippen LogP contribution < -0.4 is 4.74 Å². The maximum atomic E-state index is 12.7. The maximum absolute atomic E-state index is 12.7. The number of fused-ring (bicyclic) bond motifs is 1. The van der Waals surface area contributed by atoms with Crippen molar-refractivity contribution in [3.8, 4) is 17.0 Å². The predicted octanol–water partition coefficient (Wildman–Crippen LogP) is 5.56. The molecule has 0 atom stereocenters. The van der Waals surface area contributed by atoms with Crippen LogP contribution in [0.15, 0.2) is 62.8 Å². The number of aromatic nitrogens is 1. The largest absolute Gasteiger partial charge is 0.497 e. The van der Waals surface area contributed by atoms with Crippen LogP contribution >= 0.6 is 27.3 Å². The fraction of sp³-hybridized carbons (Fsp3) is 0.0526. The number of furan rings is 1. The van der Waals surface area contributed by atoms with E-state index in [4.69, 9.17) is 9.15 Å². The fourth-order valence-electron chi connectivity index (χ4n) is 2.50. The van der Waals surface area contributed by atoms with Crippen LogP contribution in [0, 0.1) is 0 Å². The topological polar surface area (TPSA) is 52.3 Å². The van der Waals surface area contributed by atoms with Gasteiger partial charge in [0.2, 0.25) is 0 Å². The van der Waals surface area contributed by atoms with Crippen molar-refractivity contribution in [1.29, 1.82) is 0 Å². The number of carbonyl (C=O) groups excluding carboxylic acids is 1. The summed E-state index contributed by atoms with van der Waals surface area (Å²) in [6.07, 6.45) is 0. The second-order valence-electron chi connectivity index (χ2n) is 5.39. The van der Waals surface area contributed by atoms with E-state index in [2.05, 4.69) is 20.9 Å². The second-order valence-corrected chi connectivity index (χ2v) is 7.16. The quantitative estimate of drug-likeness (QED) is 0.411. The van der Waals surface area contributed by atoms with Gasteiger partial charge in [-0.1, -0.05) is 28.1 Å². The van der Waals surface area contributed by atoms with Crippen molar-refractivity contribution >= 4 is 44.0 Å². The van der Waals surface area contributed by atoms with E-state index in [0.717, 1.165) is 26.9 Å². The fourth-order valence-corrected chi connectivity index (χ4v) is 3.53. The molecule has 25 heavy (non-hydrogen) atoms. The molecule has 4 aromatic rings. The molecular weight excluding hydrogens is 402 g/mol. The van der Waals surface area contributed by atoms with Gasteiger partial charge in [0.05, 0.1) is 12.8 Å². The van der Waals surface area contributed by atoms with Gasteiger partial charge < -0.3 is 9.15 Å². The van der Waals surface area contributed by atoms with E-state index in [-0.39, 0.29) is 11.5 Å². The van der Waals surface area contributed by atoms with Crippen LogP contribution in [0.25, 0.3) is 22.2 Å². The maximum Gasteiger partial charge on any atom is 0.256 e. The molecule has 4 nitrogen and oxygen atoms in total. The van der Waals surface area contributed by atoms with Crippen LogP contribution in [0.4, 0.5) is 0 Å². The summed E-state index contributed by atoms with van der Waals surface area (Å²) >= 11 is 4.72.